The lowest BCUT2D eigenvalue weighted by atomic mass is 10.1. The van der Waals surface area contributed by atoms with Gasteiger partial charge in [-0.05, 0) is 31.2 Å². The lowest BCUT2D eigenvalue weighted by molar-refractivity contribution is -0.137. The smallest absolute Gasteiger partial charge is 0.416 e. The van der Waals surface area contributed by atoms with Crippen molar-refractivity contribution in [3.8, 4) is 17.1 Å². The first-order valence-corrected chi connectivity index (χ1v) is 7.14. The number of aromatic carboxylic acids is 1. The van der Waals surface area contributed by atoms with Gasteiger partial charge in [0.15, 0.2) is 0 Å². The number of benzene rings is 1. The Kier molecular flexibility index (Phi) is 4.10. The molecule has 0 aliphatic heterocycles. The Morgan fingerprint density at radius 3 is 2.58 bits per heavy atom. The van der Waals surface area contributed by atoms with Crippen LogP contribution < -0.4 is 5.56 Å². The van der Waals surface area contributed by atoms with E-state index in [9.17, 15) is 27.9 Å². The summed E-state index contributed by atoms with van der Waals surface area (Å²) in [5.41, 5.74) is -2.39. The molecule has 0 fully saturated rings. The SMILES string of the molecule is Cc1c(-c2ncon2)cc(C(=O)O)c(=O)n1-c1cccc(C(F)(F)F)c1. The Bertz CT molecular complexity index is 1040. The molecule has 134 valence electrons. The molecule has 10 heteroatoms. The Morgan fingerprint density at radius 2 is 2.00 bits per heavy atom. The Morgan fingerprint density at radius 1 is 1.27 bits per heavy atom. The number of alkyl halides is 3. The van der Waals surface area contributed by atoms with E-state index in [2.05, 4.69) is 14.7 Å². The van der Waals surface area contributed by atoms with Crippen LogP contribution in [0.5, 0.6) is 0 Å². The number of nitrogens with zero attached hydrogens (tertiary/aromatic N) is 3. The van der Waals surface area contributed by atoms with Crippen LogP contribution in [0.1, 0.15) is 21.6 Å². The molecule has 0 atom stereocenters. The van der Waals surface area contributed by atoms with Crippen molar-refractivity contribution < 1.29 is 27.6 Å². The van der Waals surface area contributed by atoms with Crippen molar-refractivity contribution in [3.63, 3.8) is 0 Å². The molecule has 0 amide bonds. The molecule has 0 saturated heterocycles. The summed E-state index contributed by atoms with van der Waals surface area (Å²) in [6, 6.07) is 5.08. The maximum atomic E-state index is 13.0. The summed E-state index contributed by atoms with van der Waals surface area (Å²) in [5.74, 6) is -1.52. The quantitative estimate of drug-likeness (QED) is 0.766. The molecule has 7 nitrogen and oxygen atoms in total. The molecule has 26 heavy (non-hydrogen) atoms. The highest BCUT2D eigenvalue weighted by Gasteiger charge is 2.31. The zero-order valence-corrected chi connectivity index (χ0v) is 13.1. The van der Waals surface area contributed by atoms with E-state index in [1.54, 1.807) is 0 Å². The van der Waals surface area contributed by atoms with Gasteiger partial charge in [-0.25, -0.2) is 4.79 Å². The van der Waals surface area contributed by atoms with Crippen molar-refractivity contribution in [2.45, 2.75) is 13.1 Å². The lowest BCUT2D eigenvalue weighted by Crippen LogP contribution is -2.27. The van der Waals surface area contributed by atoms with Crippen LogP contribution in [0, 0.1) is 6.92 Å². The number of carboxylic acids is 1. The van der Waals surface area contributed by atoms with E-state index in [0.717, 1.165) is 35.2 Å². The predicted octanol–water partition coefficient (Wildman–Crippen LogP) is 2.91. The van der Waals surface area contributed by atoms with Crippen LogP contribution in [-0.4, -0.2) is 25.8 Å². The van der Waals surface area contributed by atoms with E-state index >= 15 is 0 Å². The third kappa shape index (κ3) is 2.96. The van der Waals surface area contributed by atoms with Crippen LogP contribution in [-0.2, 0) is 6.18 Å². The number of carbonyl (C=O) groups is 1. The van der Waals surface area contributed by atoms with E-state index in [4.69, 9.17) is 0 Å². The standard InChI is InChI=1S/C16H10F3N3O4/c1-8-11(13-20-7-26-21-13)6-12(15(24)25)14(23)22(8)10-4-2-3-9(5-10)16(17,18)19/h2-7H,1H3,(H,24,25). The van der Waals surface area contributed by atoms with Crippen molar-refractivity contribution in [2.24, 2.45) is 0 Å². The van der Waals surface area contributed by atoms with Crippen LogP contribution in [0.25, 0.3) is 17.1 Å². The highest BCUT2D eigenvalue weighted by atomic mass is 19.4. The molecule has 2 heterocycles. The summed E-state index contributed by atoms with van der Waals surface area (Å²) in [6.07, 6.45) is -3.61. The minimum atomic E-state index is -4.62. The largest absolute Gasteiger partial charge is 0.477 e. The normalized spacial score (nSPS) is 11.5. The zero-order valence-electron chi connectivity index (χ0n) is 13.1. The average molecular weight is 365 g/mol. The van der Waals surface area contributed by atoms with Crippen molar-refractivity contribution in [2.75, 3.05) is 0 Å². The fourth-order valence-corrected chi connectivity index (χ4v) is 2.50. The van der Waals surface area contributed by atoms with E-state index < -0.39 is 28.8 Å². The lowest BCUT2D eigenvalue weighted by Gasteiger charge is -2.15. The molecular weight excluding hydrogens is 355 g/mol. The fourth-order valence-electron chi connectivity index (χ4n) is 2.50. The van der Waals surface area contributed by atoms with Crippen molar-refractivity contribution in [3.05, 3.63) is 63.9 Å². The Labute approximate surface area is 143 Å². The van der Waals surface area contributed by atoms with Gasteiger partial charge in [0.2, 0.25) is 12.2 Å². The van der Waals surface area contributed by atoms with Crippen molar-refractivity contribution in [1.82, 2.24) is 14.7 Å². The van der Waals surface area contributed by atoms with Crippen LogP contribution in [0.3, 0.4) is 0 Å². The highest BCUT2D eigenvalue weighted by Crippen LogP contribution is 2.31. The predicted molar refractivity (Wildman–Crippen MR) is 82.0 cm³/mol. The van der Waals surface area contributed by atoms with E-state index in [1.807, 2.05) is 0 Å². The van der Waals surface area contributed by atoms with Crippen LogP contribution >= 0.6 is 0 Å². The van der Waals surface area contributed by atoms with Crippen LogP contribution in [0.15, 0.2) is 46.0 Å². The summed E-state index contributed by atoms with van der Waals surface area (Å²) in [4.78, 5) is 27.8. The molecule has 0 bridgehead atoms. The molecule has 1 aromatic carbocycles. The van der Waals surface area contributed by atoms with Crippen molar-refractivity contribution >= 4 is 5.97 Å². The Hall–Kier alpha value is -3.43. The van der Waals surface area contributed by atoms with E-state index in [-0.39, 0.29) is 22.8 Å². The summed E-state index contributed by atoms with van der Waals surface area (Å²) < 4.78 is 44.4. The fraction of sp³-hybridized carbons (Fsp3) is 0.125. The molecule has 3 rings (SSSR count). The minimum Gasteiger partial charge on any atom is -0.477 e. The second-order valence-corrected chi connectivity index (χ2v) is 5.31. The molecule has 0 saturated carbocycles. The number of halogens is 3. The topological polar surface area (TPSA) is 98.2 Å². The first-order chi connectivity index (χ1) is 12.2. The molecule has 0 unspecified atom stereocenters. The van der Waals surface area contributed by atoms with E-state index in [0.29, 0.717) is 0 Å². The molecule has 0 radical (unpaired) electrons. The minimum absolute atomic E-state index is 0.00530. The summed E-state index contributed by atoms with van der Waals surface area (Å²) in [5, 5.41) is 12.9. The number of hydrogen-bond donors (Lipinski definition) is 1. The van der Waals surface area contributed by atoms with Gasteiger partial charge in [0.1, 0.15) is 5.56 Å². The van der Waals surface area contributed by atoms with Crippen molar-refractivity contribution in [1.29, 1.82) is 0 Å². The molecule has 0 spiro atoms. The maximum Gasteiger partial charge on any atom is 0.416 e. The third-order valence-corrected chi connectivity index (χ3v) is 3.71. The van der Waals surface area contributed by atoms with Gasteiger partial charge in [0.25, 0.3) is 5.56 Å². The highest BCUT2D eigenvalue weighted by molar-refractivity contribution is 5.89. The number of carboxylic acid groups (broad SMARTS) is 1. The van der Waals surface area contributed by atoms with Gasteiger partial charge in [0, 0.05) is 16.9 Å². The number of pyridine rings is 1. The van der Waals surface area contributed by atoms with Crippen LogP contribution in [0.4, 0.5) is 13.2 Å². The van der Waals surface area contributed by atoms with Gasteiger partial charge in [-0.1, -0.05) is 11.2 Å². The van der Waals surface area contributed by atoms with Gasteiger partial charge in [0.05, 0.1) is 5.56 Å². The van der Waals surface area contributed by atoms with Gasteiger partial charge in [-0.15, -0.1) is 0 Å². The van der Waals surface area contributed by atoms with Gasteiger partial charge in [-0.2, -0.15) is 18.2 Å². The first-order valence-electron chi connectivity index (χ1n) is 7.14. The molecule has 3 aromatic rings. The molecular formula is C16H10F3N3O4. The van der Waals surface area contributed by atoms with Gasteiger partial charge < -0.3 is 9.63 Å². The molecule has 1 N–H and O–H groups in total. The second-order valence-electron chi connectivity index (χ2n) is 5.31. The number of aromatic nitrogens is 3. The molecule has 0 aliphatic rings. The third-order valence-electron chi connectivity index (χ3n) is 3.71. The van der Waals surface area contributed by atoms with Crippen LogP contribution in [0.2, 0.25) is 0 Å². The summed E-state index contributed by atoms with van der Waals surface area (Å²) in [6.45, 7) is 1.44. The number of rotatable bonds is 3. The first kappa shape index (κ1) is 17.4. The van der Waals surface area contributed by atoms with E-state index in [1.165, 1.54) is 13.0 Å². The van der Waals surface area contributed by atoms with Gasteiger partial charge in [-0.3, -0.25) is 9.36 Å². The monoisotopic (exact) mass is 365 g/mol. The number of hydrogen-bond acceptors (Lipinski definition) is 5. The average Bonchev–Trinajstić information content (AvgIpc) is 3.08. The summed E-state index contributed by atoms with van der Waals surface area (Å²) >= 11 is 0. The second kappa shape index (κ2) is 6.14. The molecule has 0 aliphatic carbocycles. The maximum absolute atomic E-state index is 13.0. The summed E-state index contributed by atoms with van der Waals surface area (Å²) in [7, 11) is 0. The molecule has 2 aromatic heterocycles. The van der Waals surface area contributed by atoms with Gasteiger partial charge >= 0.3 is 12.1 Å². The Balaban J connectivity index is 2.34. The zero-order chi connectivity index (χ0) is 19.1.